The van der Waals surface area contributed by atoms with Crippen LogP contribution in [0.5, 0.6) is 0 Å². The van der Waals surface area contributed by atoms with Crippen molar-refractivity contribution in [3.63, 3.8) is 0 Å². The first-order valence-corrected chi connectivity index (χ1v) is 20.4. The summed E-state index contributed by atoms with van der Waals surface area (Å²) in [6.45, 7) is 6.56. The molecule has 5 rings (SSSR count). The van der Waals surface area contributed by atoms with Crippen molar-refractivity contribution >= 4 is 11.4 Å². The van der Waals surface area contributed by atoms with Crippen LogP contribution in [0.1, 0.15) is 106 Å². The molecule has 1 aliphatic rings. The summed E-state index contributed by atoms with van der Waals surface area (Å²) in [6, 6.07) is 39.0. The predicted molar refractivity (Wildman–Crippen MR) is 203 cm³/mol. The van der Waals surface area contributed by atoms with Crippen molar-refractivity contribution < 1.29 is 22.7 Å². The van der Waals surface area contributed by atoms with Crippen molar-refractivity contribution in [2.75, 3.05) is 0 Å². The van der Waals surface area contributed by atoms with Gasteiger partial charge in [-0.2, -0.15) is 0 Å². The van der Waals surface area contributed by atoms with E-state index in [4.69, 9.17) is 0 Å². The zero-order valence-electron chi connectivity index (χ0n) is 29.6. The maximum atomic E-state index is 11.0. The van der Waals surface area contributed by atoms with Crippen LogP contribution >= 0.6 is 0 Å². The summed E-state index contributed by atoms with van der Waals surface area (Å²) >= 11 is 0.891. The van der Waals surface area contributed by atoms with E-state index in [2.05, 4.69) is 136 Å². The fraction of sp³-hybridized carbons (Fsp3) is 0.378. The SMILES string of the molecule is CCCCCCCCc1ccc(C2=C(C)C=C(c3ccc(CCCC)cc3)[N+]2=[N-])cc1.c1ccc(C[CH2][Pd][CH2]Cc2ccccc2)cc1. The molecular weight excluding hydrogens is 675 g/mol. The van der Waals surface area contributed by atoms with E-state index >= 15 is 0 Å². The number of hydrogen-bond donors (Lipinski definition) is 0. The van der Waals surface area contributed by atoms with Gasteiger partial charge in [0.05, 0.1) is 0 Å². The Balaban J connectivity index is 0.000000257. The van der Waals surface area contributed by atoms with Gasteiger partial charge in [0.15, 0.2) is 0 Å². The first-order chi connectivity index (χ1) is 23.6. The first kappa shape index (κ1) is 37.4. The molecule has 0 atom stereocenters. The number of hydrogen-bond acceptors (Lipinski definition) is 0. The molecule has 0 bridgehead atoms. The zero-order valence-corrected chi connectivity index (χ0v) is 31.1. The molecule has 0 amide bonds. The Kier molecular flexibility index (Phi) is 16.8. The molecule has 256 valence electrons. The third kappa shape index (κ3) is 12.6. The zero-order chi connectivity index (χ0) is 33.8. The number of benzene rings is 4. The Bertz CT molecular complexity index is 1510. The van der Waals surface area contributed by atoms with Gasteiger partial charge in [-0.05, 0) is 68.0 Å². The number of nitrogens with zero attached hydrogens (tertiary/aromatic N) is 2. The Morgan fingerprint density at radius 3 is 1.50 bits per heavy atom. The fourth-order valence-electron chi connectivity index (χ4n) is 6.00. The third-order valence-electron chi connectivity index (χ3n) is 8.93. The van der Waals surface area contributed by atoms with Crippen LogP contribution in [-0.2, 0) is 43.7 Å². The topological polar surface area (TPSA) is 25.3 Å². The predicted octanol–water partition coefficient (Wildman–Crippen LogP) is 13.1. The van der Waals surface area contributed by atoms with Crippen LogP contribution in [0.2, 0.25) is 9.79 Å². The van der Waals surface area contributed by atoms with E-state index in [9.17, 15) is 5.53 Å². The van der Waals surface area contributed by atoms with Gasteiger partial charge in [-0.1, -0.05) is 76.6 Å². The normalized spacial score (nSPS) is 12.6. The van der Waals surface area contributed by atoms with E-state index in [1.54, 1.807) is 0 Å². The Morgan fingerprint density at radius 2 is 0.958 bits per heavy atom. The minimum absolute atomic E-state index is 0.852. The number of aryl methyl sites for hydroxylation is 4. The van der Waals surface area contributed by atoms with Crippen molar-refractivity contribution in [1.82, 2.24) is 0 Å². The van der Waals surface area contributed by atoms with Crippen LogP contribution in [0.25, 0.3) is 16.9 Å². The summed E-state index contributed by atoms with van der Waals surface area (Å²) in [7, 11) is 0. The molecule has 0 aromatic heterocycles. The molecule has 0 fully saturated rings. The Morgan fingerprint density at radius 1 is 0.500 bits per heavy atom. The molecule has 1 heterocycles. The number of rotatable bonds is 18. The number of allylic oxidation sites excluding steroid dienone is 2. The molecule has 0 N–H and O–H groups in total. The van der Waals surface area contributed by atoms with Gasteiger partial charge in [0, 0.05) is 22.8 Å². The van der Waals surface area contributed by atoms with Gasteiger partial charge in [0.25, 0.3) is 0 Å². The molecule has 3 heteroatoms. The summed E-state index contributed by atoms with van der Waals surface area (Å²) in [5.74, 6) is 0. The molecule has 0 saturated heterocycles. The van der Waals surface area contributed by atoms with E-state index in [-0.39, 0.29) is 0 Å². The van der Waals surface area contributed by atoms with Crippen LogP contribution in [0, 0.1) is 0 Å². The average molecular weight is 731 g/mol. The molecule has 0 unspecified atom stereocenters. The summed E-state index contributed by atoms with van der Waals surface area (Å²) in [5.41, 5.74) is 21.6. The van der Waals surface area contributed by atoms with Gasteiger partial charge in [0.1, 0.15) is 0 Å². The monoisotopic (exact) mass is 730 g/mol. The quantitative estimate of drug-likeness (QED) is 0.0553. The summed E-state index contributed by atoms with van der Waals surface area (Å²) in [6.07, 6.45) is 17.2. The summed E-state index contributed by atoms with van der Waals surface area (Å²) < 4.78 is 1.36. The minimum atomic E-state index is 0.852. The molecular formula is C45H56N2Pd. The fourth-order valence-corrected chi connectivity index (χ4v) is 7.84. The molecule has 0 saturated carbocycles. The van der Waals surface area contributed by atoms with Crippen LogP contribution < -0.4 is 0 Å². The van der Waals surface area contributed by atoms with Gasteiger partial charge >= 0.3 is 112 Å². The number of unbranched alkanes of at least 4 members (excludes halogenated alkanes) is 6. The van der Waals surface area contributed by atoms with E-state index < -0.39 is 0 Å². The molecule has 2 nitrogen and oxygen atoms in total. The van der Waals surface area contributed by atoms with E-state index in [0.29, 0.717) is 0 Å². The van der Waals surface area contributed by atoms with Crippen molar-refractivity contribution in [1.29, 1.82) is 0 Å². The maximum absolute atomic E-state index is 11.0. The molecule has 0 aliphatic carbocycles. The van der Waals surface area contributed by atoms with Crippen LogP contribution in [0.15, 0.2) is 121 Å². The standard InChI is InChI=1S/C29H38N2.2C8H9.Pd/c1-4-6-8-9-10-11-13-25-16-20-27(21-17-25)29-23(3)22-28(31(29)30)26-18-14-24(15-19-26)12-7-5-2;2*1-2-8-6-4-3-5-7-8;/h14-22H,4-13H2,1-3H3;2*3-7H,1-2H2;. The van der Waals surface area contributed by atoms with Crippen LogP contribution in [-0.4, -0.2) is 4.70 Å². The molecule has 0 radical (unpaired) electrons. The van der Waals surface area contributed by atoms with E-state index in [1.165, 1.54) is 101 Å². The second kappa shape index (κ2) is 21.6. The van der Waals surface area contributed by atoms with Gasteiger partial charge in [-0.25, -0.2) is 4.70 Å². The molecule has 1 aliphatic heterocycles. The van der Waals surface area contributed by atoms with Crippen LogP contribution in [0.4, 0.5) is 0 Å². The molecule has 4 aromatic rings. The van der Waals surface area contributed by atoms with E-state index in [1.807, 2.05) is 0 Å². The van der Waals surface area contributed by atoms with Gasteiger partial charge in [-0.3, -0.25) is 0 Å². The van der Waals surface area contributed by atoms with Crippen molar-refractivity contribution in [3.05, 3.63) is 160 Å². The third-order valence-corrected chi connectivity index (χ3v) is 10.8. The van der Waals surface area contributed by atoms with Crippen molar-refractivity contribution in [3.8, 4) is 0 Å². The van der Waals surface area contributed by atoms with Gasteiger partial charge in [-0.15, -0.1) is 0 Å². The molecule has 48 heavy (non-hydrogen) atoms. The van der Waals surface area contributed by atoms with Gasteiger partial charge in [0.2, 0.25) is 11.4 Å². The Labute approximate surface area is 300 Å². The second-order valence-electron chi connectivity index (χ2n) is 12.8. The van der Waals surface area contributed by atoms with Crippen molar-refractivity contribution in [2.24, 2.45) is 0 Å². The Hall–Kier alpha value is -3.38. The summed E-state index contributed by atoms with van der Waals surface area (Å²) in [5, 5.41) is 0. The average Bonchev–Trinajstić information content (AvgIpc) is 3.43. The van der Waals surface area contributed by atoms with Gasteiger partial charge < -0.3 is 5.53 Å². The summed E-state index contributed by atoms with van der Waals surface area (Å²) in [4.78, 5) is 2.70. The van der Waals surface area contributed by atoms with E-state index in [0.717, 1.165) is 58.9 Å². The van der Waals surface area contributed by atoms with Crippen LogP contribution in [0.3, 0.4) is 0 Å². The second-order valence-corrected chi connectivity index (χ2v) is 15.2. The van der Waals surface area contributed by atoms with Crippen molar-refractivity contribution in [2.45, 2.75) is 108 Å². The molecule has 4 aromatic carbocycles. The molecule has 0 spiro atoms. The first-order valence-electron chi connectivity index (χ1n) is 18.2.